The number of amides is 2. The number of benzene rings is 2. The number of allylic oxidation sites excluding steroid dienone is 2. The first-order valence-electron chi connectivity index (χ1n) is 21.7. The van der Waals surface area contributed by atoms with Gasteiger partial charge in [-0.3, -0.25) is 24.2 Å². The van der Waals surface area contributed by atoms with Crippen LogP contribution in [0.5, 0.6) is 0 Å². The number of ketones is 2. The van der Waals surface area contributed by atoms with Crippen LogP contribution in [0.2, 0.25) is 0 Å². The lowest BCUT2D eigenvalue weighted by Crippen LogP contribution is -2.31. The first-order valence-corrected chi connectivity index (χ1v) is 21.7. The molecule has 2 amide bonds. The van der Waals surface area contributed by atoms with Crippen molar-refractivity contribution < 1.29 is 57.9 Å². The van der Waals surface area contributed by atoms with Crippen molar-refractivity contribution in [1.82, 2.24) is 10.6 Å². The van der Waals surface area contributed by atoms with Gasteiger partial charge in [-0.05, 0) is 52.8 Å². The Morgan fingerprint density at radius 3 is 2.00 bits per heavy atom. The molecule has 0 bridgehead atoms. The molecule has 2 aromatic rings. The van der Waals surface area contributed by atoms with Gasteiger partial charge < -0.3 is 44.5 Å². The van der Waals surface area contributed by atoms with Crippen LogP contribution in [0.25, 0.3) is 11.1 Å². The first-order chi connectivity index (χ1) is 29.8. The highest BCUT2D eigenvalue weighted by molar-refractivity contribution is 6.23. The van der Waals surface area contributed by atoms with Crippen molar-refractivity contribution in [3.05, 3.63) is 71.0 Å². The van der Waals surface area contributed by atoms with Crippen LogP contribution in [-0.2, 0) is 42.9 Å². The number of carbonyl (C=O) groups excluding carboxylic acids is 4. The van der Waals surface area contributed by atoms with Crippen LogP contribution in [-0.4, -0.2) is 125 Å². The van der Waals surface area contributed by atoms with Crippen LogP contribution in [0.15, 0.2) is 64.9 Å². The van der Waals surface area contributed by atoms with Crippen molar-refractivity contribution in [3.8, 4) is 11.1 Å². The minimum absolute atomic E-state index is 0.0133. The molecule has 0 aromatic heterocycles. The second-order valence-corrected chi connectivity index (χ2v) is 16.9. The van der Waals surface area contributed by atoms with Gasteiger partial charge in [0.15, 0.2) is 11.6 Å². The number of unbranched alkanes of at least 4 members (excludes halogenated alkanes) is 1. The lowest BCUT2D eigenvalue weighted by atomic mass is 9.75. The molecule has 4 N–H and O–H groups in total. The molecular formula is C47H65N3O12. The Labute approximate surface area is 365 Å². The van der Waals surface area contributed by atoms with Gasteiger partial charge in [-0.2, -0.15) is 0 Å². The van der Waals surface area contributed by atoms with Gasteiger partial charge >= 0.3 is 12.1 Å². The smallest absolute Gasteiger partial charge is 0.407 e. The van der Waals surface area contributed by atoms with Crippen molar-refractivity contribution in [2.75, 3.05) is 79.1 Å². The summed E-state index contributed by atoms with van der Waals surface area (Å²) in [7, 11) is 0. The van der Waals surface area contributed by atoms with E-state index in [0.717, 1.165) is 22.3 Å². The summed E-state index contributed by atoms with van der Waals surface area (Å²) in [6, 6.07) is 16.3. The van der Waals surface area contributed by atoms with Crippen LogP contribution in [0.3, 0.4) is 0 Å². The minimum Gasteiger partial charge on any atom is -0.511 e. The molecule has 2 aliphatic rings. The fourth-order valence-electron chi connectivity index (χ4n) is 7.59. The molecule has 0 spiro atoms. The monoisotopic (exact) mass is 863 g/mol. The molecule has 4 rings (SSSR count). The van der Waals surface area contributed by atoms with E-state index in [2.05, 4.69) is 39.9 Å². The number of carbonyl (C=O) groups is 5. The lowest BCUT2D eigenvalue weighted by molar-refractivity contribution is -0.144. The number of nitrogens with one attached hydrogen (secondary N) is 2. The van der Waals surface area contributed by atoms with Gasteiger partial charge in [0.05, 0.1) is 51.1 Å². The normalized spacial score (nSPS) is 15.3. The molecule has 2 aromatic carbocycles. The molecule has 0 fully saturated rings. The molecule has 0 heterocycles. The predicted molar refractivity (Wildman–Crippen MR) is 233 cm³/mol. The van der Waals surface area contributed by atoms with Crippen LogP contribution >= 0.6 is 0 Å². The van der Waals surface area contributed by atoms with Crippen LogP contribution in [0.1, 0.15) is 89.7 Å². The molecule has 0 aliphatic heterocycles. The zero-order valence-electron chi connectivity index (χ0n) is 36.7. The Kier molecular flexibility index (Phi) is 20.7. The fraction of sp³-hybridized carbons (Fsp3) is 0.574. The highest BCUT2D eigenvalue weighted by Gasteiger charge is 2.35. The van der Waals surface area contributed by atoms with Crippen molar-refractivity contribution in [3.63, 3.8) is 0 Å². The van der Waals surface area contributed by atoms with Gasteiger partial charge in [0, 0.05) is 50.5 Å². The molecule has 15 nitrogen and oxygen atoms in total. The maximum Gasteiger partial charge on any atom is 0.407 e. The summed E-state index contributed by atoms with van der Waals surface area (Å²) in [6.45, 7) is 9.95. The SMILES string of the molecule is CC(C)CC(=NCCCCC(CC(=O)COCCOCCNC(=O)COCCOCCNC(=O)OCC1c2ccccc2-c2ccccc21)C(=O)O)C1=C(O)CC(C)(C)CC1=O. The van der Waals surface area contributed by atoms with E-state index < -0.39 is 18.0 Å². The third-order valence-electron chi connectivity index (χ3n) is 10.5. The molecule has 15 heteroatoms. The van der Waals surface area contributed by atoms with Gasteiger partial charge in [-0.15, -0.1) is 0 Å². The Hall–Kier alpha value is -4.96. The number of hydrogen-bond donors (Lipinski definition) is 4. The largest absolute Gasteiger partial charge is 0.511 e. The Morgan fingerprint density at radius 1 is 0.790 bits per heavy atom. The molecule has 62 heavy (non-hydrogen) atoms. The standard InChI is InChI=1S/C47H65N3O12/c1-32(2)25-40(44-41(52)27-47(3,4)28-42(44)53)48-16-10-9-11-33(45(55)56)26-34(51)29-60-23-21-58-19-17-49-43(54)31-61-24-22-59-20-18-50-46(57)62-30-39-37-14-7-5-12-35(37)36-13-6-8-15-38(36)39/h5-8,12-15,32-33,39,52H,9-11,16-31H2,1-4H3,(H,49,54)(H,50,57)(H,55,56). The summed E-state index contributed by atoms with van der Waals surface area (Å²) in [5.74, 6) is -2.31. The number of aliphatic hydroxyl groups excluding tert-OH is 1. The van der Waals surface area contributed by atoms with Crippen molar-refractivity contribution >= 4 is 35.2 Å². The van der Waals surface area contributed by atoms with Gasteiger partial charge in [0.2, 0.25) is 5.91 Å². The Morgan fingerprint density at radius 2 is 1.39 bits per heavy atom. The second kappa shape index (κ2) is 25.8. The lowest BCUT2D eigenvalue weighted by Gasteiger charge is -2.30. The summed E-state index contributed by atoms with van der Waals surface area (Å²) >= 11 is 0. The highest BCUT2D eigenvalue weighted by Crippen LogP contribution is 2.44. The zero-order valence-corrected chi connectivity index (χ0v) is 36.7. The maximum atomic E-state index is 12.9. The molecule has 0 saturated heterocycles. The summed E-state index contributed by atoms with van der Waals surface area (Å²) in [5.41, 5.74) is 5.26. The number of aliphatic hydroxyl groups is 1. The van der Waals surface area contributed by atoms with Gasteiger partial charge in [-0.1, -0.05) is 82.6 Å². The molecule has 2 aliphatic carbocycles. The number of aliphatic imine (C=N–C) groups is 1. The van der Waals surface area contributed by atoms with E-state index in [1.54, 1.807) is 0 Å². The van der Waals surface area contributed by atoms with Crippen LogP contribution < -0.4 is 10.6 Å². The number of hydrogen-bond acceptors (Lipinski definition) is 12. The Balaban J connectivity index is 0.954. The third kappa shape index (κ3) is 16.7. The number of rotatable bonds is 29. The van der Waals surface area contributed by atoms with Crippen molar-refractivity contribution in [2.24, 2.45) is 22.2 Å². The molecule has 340 valence electrons. The van der Waals surface area contributed by atoms with E-state index in [1.807, 2.05) is 52.0 Å². The van der Waals surface area contributed by atoms with Gasteiger partial charge in [0.25, 0.3) is 0 Å². The average Bonchev–Trinajstić information content (AvgIpc) is 3.53. The van der Waals surface area contributed by atoms with Gasteiger partial charge in [0.1, 0.15) is 25.6 Å². The molecule has 0 radical (unpaired) electrons. The van der Waals surface area contributed by atoms with E-state index in [9.17, 15) is 34.2 Å². The van der Waals surface area contributed by atoms with Crippen LogP contribution in [0.4, 0.5) is 4.79 Å². The van der Waals surface area contributed by atoms with E-state index in [0.29, 0.717) is 56.4 Å². The predicted octanol–water partition coefficient (Wildman–Crippen LogP) is 6.23. The quantitative estimate of drug-likeness (QED) is 0.0531. The summed E-state index contributed by atoms with van der Waals surface area (Å²) in [6.07, 6.45) is 2.08. The number of carboxylic acid groups (broad SMARTS) is 1. The maximum absolute atomic E-state index is 12.9. The molecule has 0 saturated carbocycles. The number of alkyl carbamates (subject to hydrolysis) is 1. The van der Waals surface area contributed by atoms with E-state index in [-0.39, 0.29) is 119 Å². The minimum atomic E-state index is -1.05. The average molecular weight is 864 g/mol. The topological polar surface area (TPSA) is 208 Å². The van der Waals surface area contributed by atoms with E-state index >= 15 is 0 Å². The number of ether oxygens (including phenoxy) is 5. The highest BCUT2D eigenvalue weighted by atomic mass is 16.6. The molecule has 1 unspecified atom stereocenters. The summed E-state index contributed by atoms with van der Waals surface area (Å²) < 4.78 is 27.1. The summed E-state index contributed by atoms with van der Waals surface area (Å²) in [4.78, 5) is 66.1. The fourth-order valence-corrected chi connectivity index (χ4v) is 7.59. The van der Waals surface area contributed by atoms with Crippen molar-refractivity contribution in [2.45, 2.75) is 78.6 Å². The Bertz CT molecular complexity index is 1830. The number of nitrogens with zero attached hydrogens (tertiary/aromatic N) is 1. The van der Waals surface area contributed by atoms with E-state index in [1.165, 1.54) is 0 Å². The van der Waals surface area contributed by atoms with Crippen molar-refractivity contribution in [1.29, 1.82) is 0 Å². The number of fused-ring (bicyclic) bond motifs is 3. The van der Waals surface area contributed by atoms with Gasteiger partial charge in [-0.25, -0.2) is 4.79 Å². The number of carboxylic acids is 1. The van der Waals surface area contributed by atoms with E-state index in [4.69, 9.17) is 23.7 Å². The second-order valence-electron chi connectivity index (χ2n) is 16.9. The third-order valence-corrected chi connectivity index (χ3v) is 10.5. The molecule has 1 atom stereocenters. The number of aliphatic carboxylic acids is 1. The zero-order chi connectivity index (χ0) is 44.9. The molecular weight excluding hydrogens is 799 g/mol. The first kappa shape index (κ1) is 49.7. The number of Topliss-reactive ketones (excluding diaryl/α,β-unsaturated/α-hetero) is 2. The summed E-state index contributed by atoms with van der Waals surface area (Å²) in [5, 5.41) is 25.7. The van der Waals surface area contributed by atoms with Crippen LogP contribution in [0, 0.1) is 17.3 Å².